The number of halogens is 2. The lowest BCUT2D eigenvalue weighted by molar-refractivity contribution is 0.627. The van der Waals surface area contributed by atoms with Crippen LogP contribution in [0.25, 0.3) is 0 Å². The van der Waals surface area contributed by atoms with Crippen molar-refractivity contribution in [2.75, 3.05) is 0 Å². The summed E-state index contributed by atoms with van der Waals surface area (Å²) < 4.78 is 12.7. The SMILES string of the molecule is Fc1ccc([CH]Cc2ccc(Cl)cc2)cc1. The fourth-order valence-electron chi connectivity index (χ4n) is 1.46. The maximum atomic E-state index is 12.7. The molecule has 0 heterocycles. The molecule has 0 aromatic heterocycles. The van der Waals surface area contributed by atoms with E-state index in [1.54, 1.807) is 12.1 Å². The fraction of sp³-hybridized carbons (Fsp3) is 0.0714. The summed E-state index contributed by atoms with van der Waals surface area (Å²) in [4.78, 5) is 0. The Morgan fingerprint density at radius 3 is 2.19 bits per heavy atom. The normalized spacial score (nSPS) is 10.4. The predicted molar refractivity (Wildman–Crippen MR) is 65.0 cm³/mol. The summed E-state index contributed by atoms with van der Waals surface area (Å²) in [6.07, 6.45) is 2.88. The van der Waals surface area contributed by atoms with E-state index < -0.39 is 0 Å². The molecule has 0 spiro atoms. The van der Waals surface area contributed by atoms with Crippen LogP contribution in [0.4, 0.5) is 4.39 Å². The summed E-state index contributed by atoms with van der Waals surface area (Å²) in [5, 5.41) is 0.741. The minimum Gasteiger partial charge on any atom is -0.207 e. The number of benzene rings is 2. The molecule has 0 fully saturated rings. The van der Waals surface area contributed by atoms with Crippen LogP contribution in [0.1, 0.15) is 11.1 Å². The first kappa shape index (κ1) is 11.2. The third kappa shape index (κ3) is 3.07. The molecule has 0 aliphatic rings. The van der Waals surface area contributed by atoms with Gasteiger partial charge in [0, 0.05) is 5.02 Å². The summed E-state index contributed by atoms with van der Waals surface area (Å²) in [7, 11) is 0. The van der Waals surface area contributed by atoms with Gasteiger partial charge in [-0.15, -0.1) is 0 Å². The third-order valence-electron chi connectivity index (χ3n) is 2.36. The van der Waals surface area contributed by atoms with Crippen LogP contribution >= 0.6 is 11.6 Å². The summed E-state index contributed by atoms with van der Waals surface area (Å²) in [5.74, 6) is -0.205. The fourth-order valence-corrected chi connectivity index (χ4v) is 1.58. The minimum absolute atomic E-state index is 0.205. The zero-order valence-electron chi connectivity index (χ0n) is 8.66. The van der Waals surface area contributed by atoms with Gasteiger partial charge in [-0.3, -0.25) is 0 Å². The van der Waals surface area contributed by atoms with Crippen molar-refractivity contribution >= 4 is 11.6 Å². The van der Waals surface area contributed by atoms with Crippen LogP contribution in [0.2, 0.25) is 5.02 Å². The van der Waals surface area contributed by atoms with Crippen molar-refractivity contribution in [3.63, 3.8) is 0 Å². The molecular formula is C14H11ClF. The maximum Gasteiger partial charge on any atom is 0.123 e. The van der Waals surface area contributed by atoms with Gasteiger partial charge in [0.1, 0.15) is 5.82 Å². The molecule has 2 aromatic rings. The molecule has 0 amide bonds. The Hall–Kier alpha value is -1.34. The molecule has 0 bridgehead atoms. The minimum atomic E-state index is -0.205. The van der Waals surface area contributed by atoms with Gasteiger partial charge in [-0.25, -0.2) is 4.39 Å². The van der Waals surface area contributed by atoms with Crippen molar-refractivity contribution < 1.29 is 4.39 Å². The molecule has 81 valence electrons. The van der Waals surface area contributed by atoms with Crippen LogP contribution in [0.3, 0.4) is 0 Å². The Balaban J connectivity index is 1.97. The van der Waals surface area contributed by atoms with Crippen LogP contribution in [0.5, 0.6) is 0 Å². The lowest BCUT2D eigenvalue weighted by Gasteiger charge is -2.02. The maximum absolute atomic E-state index is 12.7. The Morgan fingerprint density at radius 2 is 1.56 bits per heavy atom. The van der Waals surface area contributed by atoms with E-state index in [9.17, 15) is 4.39 Å². The average Bonchev–Trinajstić information content (AvgIpc) is 2.30. The first-order valence-electron chi connectivity index (χ1n) is 5.07. The van der Waals surface area contributed by atoms with Crippen LogP contribution in [0.15, 0.2) is 48.5 Å². The van der Waals surface area contributed by atoms with E-state index in [1.165, 1.54) is 17.7 Å². The molecule has 0 aliphatic carbocycles. The van der Waals surface area contributed by atoms with Gasteiger partial charge >= 0.3 is 0 Å². The highest BCUT2D eigenvalue weighted by Crippen LogP contribution is 2.13. The van der Waals surface area contributed by atoms with Crippen molar-refractivity contribution in [2.45, 2.75) is 6.42 Å². The van der Waals surface area contributed by atoms with Crippen LogP contribution < -0.4 is 0 Å². The van der Waals surface area contributed by atoms with E-state index in [-0.39, 0.29) is 5.82 Å². The van der Waals surface area contributed by atoms with Gasteiger partial charge in [0.05, 0.1) is 0 Å². The van der Waals surface area contributed by atoms with E-state index in [1.807, 2.05) is 24.3 Å². The summed E-state index contributed by atoms with van der Waals surface area (Å²) >= 11 is 5.79. The smallest absolute Gasteiger partial charge is 0.123 e. The highest BCUT2D eigenvalue weighted by Gasteiger charge is 1.97. The second-order valence-corrected chi connectivity index (χ2v) is 4.02. The van der Waals surface area contributed by atoms with Gasteiger partial charge in [-0.05, 0) is 48.2 Å². The standard InChI is InChI=1S/C14H11ClF/c15-13-7-3-11(4-8-13)1-2-12-5-9-14(16)10-6-12/h2-10H,1H2. The Morgan fingerprint density at radius 1 is 0.938 bits per heavy atom. The van der Waals surface area contributed by atoms with Crippen LogP contribution in [0, 0.1) is 12.2 Å². The molecule has 0 saturated heterocycles. The second kappa shape index (κ2) is 5.13. The summed E-state index contributed by atoms with van der Waals surface area (Å²) in [6, 6.07) is 14.2. The zero-order valence-corrected chi connectivity index (χ0v) is 9.42. The van der Waals surface area contributed by atoms with E-state index in [0.717, 1.165) is 17.0 Å². The van der Waals surface area contributed by atoms with Crippen LogP contribution in [-0.4, -0.2) is 0 Å². The molecule has 0 N–H and O–H groups in total. The predicted octanol–water partition coefficient (Wildman–Crippen LogP) is 4.27. The number of hydrogen-bond donors (Lipinski definition) is 0. The monoisotopic (exact) mass is 233 g/mol. The lowest BCUT2D eigenvalue weighted by atomic mass is 10.0. The summed E-state index contributed by atoms with van der Waals surface area (Å²) in [6.45, 7) is 0. The van der Waals surface area contributed by atoms with Gasteiger partial charge in [0.2, 0.25) is 0 Å². The molecule has 2 rings (SSSR count). The molecule has 0 nitrogen and oxygen atoms in total. The largest absolute Gasteiger partial charge is 0.207 e. The highest BCUT2D eigenvalue weighted by atomic mass is 35.5. The highest BCUT2D eigenvalue weighted by molar-refractivity contribution is 6.30. The van der Waals surface area contributed by atoms with E-state index in [0.29, 0.717) is 0 Å². The molecule has 2 aromatic carbocycles. The molecule has 1 radical (unpaired) electrons. The van der Waals surface area contributed by atoms with Crippen molar-refractivity contribution in [2.24, 2.45) is 0 Å². The van der Waals surface area contributed by atoms with Crippen molar-refractivity contribution in [3.05, 3.63) is 76.9 Å². The molecule has 2 heteroatoms. The lowest BCUT2D eigenvalue weighted by Crippen LogP contribution is -1.88. The molecular weight excluding hydrogens is 223 g/mol. The van der Waals surface area contributed by atoms with Gasteiger partial charge in [-0.2, -0.15) is 0 Å². The van der Waals surface area contributed by atoms with Crippen molar-refractivity contribution in [1.82, 2.24) is 0 Å². The quantitative estimate of drug-likeness (QED) is 0.743. The number of rotatable bonds is 3. The topological polar surface area (TPSA) is 0 Å². The molecule has 0 unspecified atom stereocenters. The molecule has 0 atom stereocenters. The molecule has 16 heavy (non-hydrogen) atoms. The van der Waals surface area contributed by atoms with Crippen molar-refractivity contribution in [3.8, 4) is 0 Å². The first-order valence-corrected chi connectivity index (χ1v) is 5.45. The van der Waals surface area contributed by atoms with E-state index in [2.05, 4.69) is 6.42 Å². The average molecular weight is 234 g/mol. The van der Waals surface area contributed by atoms with E-state index in [4.69, 9.17) is 11.6 Å². The van der Waals surface area contributed by atoms with Crippen molar-refractivity contribution in [1.29, 1.82) is 0 Å². The Kier molecular flexibility index (Phi) is 3.58. The Labute approximate surface area is 99.7 Å². The van der Waals surface area contributed by atoms with E-state index >= 15 is 0 Å². The first-order chi connectivity index (χ1) is 7.74. The van der Waals surface area contributed by atoms with Gasteiger partial charge in [-0.1, -0.05) is 35.9 Å². The summed E-state index contributed by atoms with van der Waals surface area (Å²) in [5.41, 5.74) is 2.21. The van der Waals surface area contributed by atoms with Gasteiger partial charge in [0.25, 0.3) is 0 Å². The van der Waals surface area contributed by atoms with Crippen LogP contribution in [-0.2, 0) is 6.42 Å². The second-order valence-electron chi connectivity index (χ2n) is 3.59. The number of hydrogen-bond acceptors (Lipinski definition) is 0. The Bertz CT molecular complexity index is 400. The molecule has 0 saturated carbocycles. The molecule has 0 aliphatic heterocycles. The van der Waals surface area contributed by atoms with Gasteiger partial charge < -0.3 is 0 Å². The van der Waals surface area contributed by atoms with Gasteiger partial charge in [0.15, 0.2) is 0 Å². The third-order valence-corrected chi connectivity index (χ3v) is 2.61. The zero-order chi connectivity index (χ0) is 11.4.